The number of amides is 4. The number of aromatic nitrogens is 1. The summed E-state index contributed by atoms with van der Waals surface area (Å²) in [5.41, 5.74) is 7.19. The lowest BCUT2D eigenvalue weighted by molar-refractivity contribution is -0.145. The second-order valence-electron chi connectivity index (χ2n) is 16.0. The molecule has 0 radical (unpaired) electrons. The van der Waals surface area contributed by atoms with Crippen molar-refractivity contribution in [1.29, 1.82) is 0 Å². The fourth-order valence-corrected chi connectivity index (χ4v) is 7.66. The first kappa shape index (κ1) is 42.3. The molecule has 4 rings (SSSR count). The van der Waals surface area contributed by atoms with E-state index in [1.807, 2.05) is 31.2 Å². The molecule has 1 aliphatic heterocycles. The van der Waals surface area contributed by atoms with Crippen LogP contribution in [-0.2, 0) is 19.2 Å². The fourth-order valence-electron chi connectivity index (χ4n) is 6.85. The number of thiazole rings is 1. The van der Waals surface area contributed by atoms with Crippen LogP contribution in [0, 0.1) is 12.3 Å². The van der Waals surface area contributed by atoms with Crippen LogP contribution in [0.3, 0.4) is 0 Å². The highest BCUT2D eigenvalue weighted by Crippen LogP contribution is 2.40. The highest BCUT2D eigenvalue weighted by Gasteiger charge is 2.53. The van der Waals surface area contributed by atoms with Crippen molar-refractivity contribution in [2.45, 2.75) is 147 Å². The molecular weight excluding hydrogens is 696 g/mol. The van der Waals surface area contributed by atoms with Gasteiger partial charge in [0.05, 0.1) is 34.6 Å². The Morgan fingerprint density at radius 1 is 0.981 bits per heavy atom. The van der Waals surface area contributed by atoms with Gasteiger partial charge in [-0.25, -0.2) is 9.37 Å². The SMILES string of the molecule is Cc1ncsc1-c1ccc([C@H](CC(=O)NCCCCCCCCCCCCN)NC(=O)[C@@H]2C[C@@H](O)CN2C(=O)[C@@H](NC(=O)C2(F)CC2)C(C)(C)C)cc1. The normalized spacial score (nSPS) is 19.0. The first-order valence-electron chi connectivity index (χ1n) is 19.5. The van der Waals surface area contributed by atoms with E-state index in [0.717, 1.165) is 53.9 Å². The van der Waals surface area contributed by atoms with Crippen molar-refractivity contribution < 1.29 is 28.7 Å². The number of alkyl halides is 1. The Bertz CT molecular complexity index is 1510. The fraction of sp³-hybridized carbons (Fsp3) is 0.675. The largest absolute Gasteiger partial charge is 0.391 e. The lowest BCUT2D eigenvalue weighted by Gasteiger charge is -2.36. The molecule has 1 aliphatic carbocycles. The van der Waals surface area contributed by atoms with Crippen molar-refractivity contribution in [1.82, 2.24) is 25.8 Å². The lowest BCUT2D eigenvalue weighted by atomic mass is 9.85. The minimum Gasteiger partial charge on any atom is -0.391 e. The van der Waals surface area contributed by atoms with E-state index in [9.17, 15) is 28.7 Å². The average molecular weight is 757 g/mol. The number of aryl methyl sites for hydroxylation is 1. The van der Waals surface area contributed by atoms with Crippen molar-refractivity contribution in [2.75, 3.05) is 19.6 Å². The molecule has 2 aliphatic rings. The number of nitrogens with one attached hydrogen (secondary N) is 3. The zero-order chi connectivity index (χ0) is 38.6. The number of rotatable bonds is 21. The van der Waals surface area contributed by atoms with Gasteiger partial charge in [-0.3, -0.25) is 19.2 Å². The number of hydrogen-bond donors (Lipinski definition) is 5. The Morgan fingerprint density at radius 2 is 1.58 bits per heavy atom. The third-order valence-corrected chi connectivity index (χ3v) is 11.3. The van der Waals surface area contributed by atoms with E-state index in [1.54, 1.807) is 26.3 Å². The quantitative estimate of drug-likeness (QED) is 0.103. The Labute approximate surface area is 318 Å². The summed E-state index contributed by atoms with van der Waals surface area (Å²) >= 11 is 1.53. The summed E-state index contributed by atoms with van der Waals surface area (Å²) in [6, 6.07) is 4.78. The number of unbranched alkanes of at least 4 members (excludes halogenated alkanes) is 9. The molecule has 1 aromatic heterocycles. The van der Waals surface area contributed by atoms with Crippen LogP contribution in [0.1, 0.15) is 128 Å². The summed E-state index contributed by atoms with van der Waals surface area (Å²) < 4.78 is 14.6. The Kier molecular flexibility index (Phi) is 15.8. The summed E-state index contributed by atoms with van der Waals surface area (Å²) in [6.07, 6.45) is 10.7. The molecule has 4 atom stereocenters. The summed E-state index contributed by atoms with van der Waals surface area (Å²) in [6.45, 7) is 8.42. The van der Waals surface area contributed by atoms with Gasteiger partial charge in [0.2, 0.25) is 17.7 Å². The highest BCUT2D eigenvalue weighted by molar-refractivity contribution is 7.13. The van der Waals surface area contributed by atoms with Crippen LogP contribution in [0.5, 0.6) is 0 Å². The zero-order valence-electron chi connectivity index (χ0n) is 32.1. The number of aliphatic hydroxyl groups excluding tert-OH is 1. The highest BCUT2D eigenvalue weighted by atomic mass is 32.1. The standard InChI is InChI=1S/C40H61FN6O5S/c1-27-34(53-26-44-27)29-17-15-28(16-18-29)31(24-33(49)43-22-14-12-10-8-6-5-7-9-11-13-21-42)45-36(50)32-23-30(48)25-47(32)37(51)35(39(2,3)4)46-38(52)40(41)19-20-40/h15-18,26,30-32,35,48H,5-14,19-25,42H2,1-4H3,(H,43,49)(H,45,50)(H,46,52)/t30-,31+,32+,35-/m1/s1. The first-order chi connectivity index (χ1) is 25.2. The number of likely N-dealkylation sites (tertiary alicyclic amines) is 1. The number of β-amino-alcohol motifs (C(OH)–C–C–N with tert-alkyl or cyclic N) is 1. The van der Waals surface area contributed by atoms with E-state index in [0.29, 0.717) is 6.54 Å². The number of nitrogens with zero attached hydrogens (tertiary/aromatic N) is 2. The third-order valence-electron chi connectivity index (χ3n) is 10.3. The van der Waals surface area contributed by atoms with Gasteiger partial charge in [-0.05, 0) is 55.7 Å². The van der Waals surface area contributed by atoms with Crippen LogP contribution in [0.15, 0.2) is 29.8 Å². The van der Waals surface area contributed by atoms with Crippen molar-refractivity contribution in [3.63, 3.8) is 0 Å². The number of benzene rings is 1. The molecule has 1 saturated carbocycles. The zero-order valence-corrected chi connectivity index (χ0v) is 32.9. The van der Waals surface area contributed by atoms with Crippen LogP contribution in [0.25, 0.3) is 10.4 Å². The number of hydrogen-bond acceptors (Lipinski definition) is 8. The molecule has 6 N–H and O–H groups in total. The van der Waals surface area contributed by atoms with Gasteiger partial charge in [0.15, 0.2) is 5.67 Å². The Morgan fingerprint density at radius 3 is 2.13 bits per heavy atom. The second kappa shape index (κ2) is 19.8. The summed E-state index contributed by atoms with van der Waals surface area (Å²) in [5.74, 6) is -2.12. The molecule has 2 aromatic rings. The smallest absolute Gasteiger partial charge is 0.258 e. The van der Waals surface area contributed by atoms with Crippen LogP contribution in [0.4, 0.5) is 4.39 Å². The van der Waals surface area contributed by atoms with Gasteiger partial charge in [0.1, 0.15) is 12.1 Å². The van der Waals surface area contributed by atoms with E-state index in [-0.39, 0.29) is 38.1 Å². The molecule has 13 heteroatoms. The van der Waals surface area contributed by atoms with Crippen molar-refractivity contribution in [3.8, 4) is 10.4 Å². The molecule has 2 heterocycles. The summed E-state index contributed by atoms with van der Waals surface area (Å²) in [5, 5.41) is 19.3. The predicted molar refractivity (Wildman–Crippen MR) is 207 cm³/mol. The van der Waals surface area contributed by atoms with E-state index in [4.69, 9.17) is 5.73 Å². The van der Waals surface area contributed by atoms with Crippen LogP contribution >= 0.6 is 11.3 Å². The Balaban J connectivity index is 1.39. The van der Waals surface area contributed by atoms with Crippen molar-refractivity contribution in [2.24, 2.45) is 11.1 Å². The second-order valence-corrected chi connectivity index (χ2v) is 16.8. The maximum Gasteiger partial charge on any atom is 0.258 e. The number of nitrogens with two attached hydrogens (primary N) is 1. The number of carbonyl (C=O) groups is 4. The molecule has 0 bridgehead atoms. The number of aliphatic hydroxyl groups is 1. The molecule has 2 fully saturated rings. The number of halogens is 1. The van der Waals surface area contributed by atoms with Gasteiger partial charge >= 0.3 is 0 Å². The molecule has 4 amide bonds. The van der Waals surface area contributed by atoms with Crippen molar-refractivity contribution >= 4 is 35.0 Å². The van der Waals surface area contributed by atoms with Gasteiger partial charge < -0.3 is 31.7 Å². The summed E-state index contributed by atoms with van der Waals surface area (Å²) in [7, 11) is 0. The Hall–Kier alpha value is -3.42. The monoisotopic (exact) mass is 756 g/mol. The molecule has 53 heavy (non-hydrogen) atoms. The van der Waals surface area contributed by atoms with Crippen LogP contribution in [0.2, 0.25) is 0 Å². The minimum absolute atomic E-state index is 0.00771. The van der Waals surface area contributed by atoms with E-state index in [2.05, 4.69) is 20.9 Å². The van der Waals surface area contributed by atoms with Crippen LogP contribution < -0.4 is 21.7 Å². The van der Waals surface area contributed by atoms with Gasteiger partial charge in [-0.2, -0.15) is 0 Å². The van der Waals surface area contributed by atoms with Gasteiger partial charge in [0.25, 0.3) is 5.91 Å². The molecule has 0 unspecified atom stereocenters. The van der Waals surface area contributed by atoms with E-state index >= 15 is 0 Å². The predicted octanol–water partition coefficient (Wildman–Crippen LogP) is 5.64. The van der Waals surface area contributed by atoms with E-state index in [1.165, 1.54) is 54.8 Å². The molecule has 11 nitrogen and oxygen atoms in total. The molecular formula is C40H61FN6O5S. The molecule has 294 valence electrons. The molecule has 1 saturated heterocycles. The maximum absolute atomic E-state index is 14.6. The van der Waals surface area contributed by atoms with Gasteiger partial charge in [-0.1, -0.05) is 96.4 Å². The van der Waals surface area contributed by atoms with E-state index < -0.39 is 53.0 Å². The molecule has 0 spiro atoms. The maximum atomic E-state index is 14.6. The topological polar surface area (TPSA) is 167 Å². The van der Waals surface area contributed by atoms with Crippen molar-refractivity contribution in [3.05, 3.63) is 41.0 Å². The van der Waals surface area contributed by atoms with Crippen LogP contribution in [-0.4, -0.2) is 82.1 Å². The number of carbonyl (C=O) groups excluding carboxylic acids is 4. The molecule has 1 aromatic carbocycles. The summed E-state index contributed by atoms with van der Waals surface area (Å²) in [4.78, 5) is 60.6. The average Bonchev–Trinajstić information content (AvgIpc) is 3.52. The minimum atomic E-state index is -1.97. The lowest BCUT2D eigenvalue weighted by Crippen LogP contribution is -2.59. The first-order valence-corrected chi connectivity index (χ1v) is 20.4. The van der Waals surface area contributed by atoms with Gasteiger partial charge in [-0.15, -0.1) is 11.3 Å². The third kappa shape index (κ3) is 12.6. The van der Waals surface area contributed by atoms with Gasteiger partial charge in [0, 0.05) is 19.5 Å².